The summed E-state index contributed by atoms with van der Waals surface area (Å²) in [4.78, 5) is 0. The Bertz CT molecular complexity index is 1250. The number of benzene rings is 1. The fraction of sp³-hybridized carbons (Fsp3) is 0.633. The summed E-state index contributed by atoms with van der Waals surface area (Å²) in [6.45, 7) is 9.83. The Morgan fingerprint density at radius 3 is 2.48 bits per heavy atom. The molecule has 2 aliphatic rings. The maximum absolute atomic E-state index is 12.8. The second kappa shape index (κ2) is 13.1. The summed E-state index contributed by atoms with van der Waals surface area (Å²) in [5, 5.41) is 17.2. The van der Waals surface area contributed by atoms with Gasteiger partial charge >= 0.3 is 6.36 Å². The molecule has 0 saturated heterocycles. The molecule has 40 heavy (non-hydrogen) atoms. The van der Waals surface area contributed by atoms with Gasteiger partial charge in [0, 0.05) is 23.1 Å². The van der Waals surface area contributed by atoms with E-state index < -0.39 is 6.36 Å². The molecule has 10 heteroatoms. The van der Waals surface area contributed by atoms with Gasteiger partial charge in [-0.1, -0.05) is 65.5 Å². The smallest absolute Gasteiger partial charge is 0.489 e. The van der Waals surface area contributed by atoms with Gasteiger partial charge in [0.05, 0.1) is 6.61 Å². The third-order valence-corrected chi connectivity index (χ3v) is 7.97. The third kappa shape index (κ3) is 6.81. The monoisotopic (exact) mass is 561 g/mol. The minimum atomic E-state index is -4.78. The Labute approximate surface area is 234 Å². The molecular weight excluding hydrogens is 519 g/mol. The van der Waals surface area contributed by atoms with Crippen LogP contribution in [0.5, 0.6) is 11.5 Å². The van der Waals surface area contributed by atoms with Gasteiger partial charge in [-0.15, -0.1) is 28.5 Å². The van der Waals surface area contributed by atoms with Gasteiger partial charge in [-0.2, -0.15) is 4.52 Å². The average Bonchev–Trinajstić information content (AvgIpc) is 3.52. The minimum Gasteiger partial charge on any atom is -0.489 e. The maximum atomic E-state index is 12.8. The molecule has 3 heterocycles. The zero-order chi connectivity index (χ0) is 28.8. The summed E-state index contributed by atoms with van der Waals surface area (Å²) in [5.74, 6) is 1.94. The minimum absolute atomic E-state index is 0.173. The van der Waals surface area contributed by atoms with Gasteiger partial charge in [0.1, 0.15) is 5.75 Å². The number of ether oxygens (including phenoxy) is 2. The summed E-state index contributed by atoms with van der Waals surface area (Å²) in [6.07, 6.45) is 6.25. The lowest BCUT2D eigenvalue weighted by molar-refractivity contribution is -0.274. The summed E-state index contributed by atoms with van der Waals surface area (Å²) >= 11 is 0. The van der Waals surface area contributed by atoms with Crippen LogP contribution in [-0.2, 0) is 6.42 Å². The van der Waals surface area contributed by atoms with Gasteiger partial charge in [0.2, 0.25) is 0 Å². The Morgan fingerprint density at radius 1 is 1.07 bits per heavy atom. The van der Waals surface area contributed by atoms with Crippen molar-refractivity contribution < 1.29 is 22.6 Å². The molecule has 1 spiro atoms. The molecule has 1 aromatic carbocycles. The van der Waals surface area contributed by atoms with Crippen molar-refractivity contribution in [2.45, 2.75) is 98.3 Å². The number of hydrogen-bond donors (Lipinski definition) is 1. The van der Waals surface area contributed by atoms with Crippen molar-refractivity contribution >= 4 is 11.5 Å². The van der Waals surface area contributed by atoms with Gasteiger partial charge in [-0.25, -0.2) is 0 Å². The molecule has 1 N–H and O–H groups in total. The molecule has 1 aliphatic carbocycles. The Morgan fingerprint density at radius 2 is 1.80 bits per heavy atom. The highest BCUT2D eigenvalue weighted by Gasteiger charge is 2.38. The van der Waals surface area contributed by atoms with Crippen molar-refractivity contribution in [2.24, 2.45) is 11.3 Å². The van der Waals surface area contributed by atoms with Crippen molar-refractivity contribution in [1.29, 1.82) is 0 Å². The number of fused-ring (bicyclic) bond motifs is 3. The third-order valence-electron chi connectivity index (χ3n) is 7.97. The highest BCUT2D eigenvalue weighted by Crippen LogP contribution is 2.47. The normalized spacial score (nSPS) is 16.3. The number of alkyl halides is 3. The lowest BCUT2D eigenvalue weighted by Gasteiger charge is -2.26. The van der Waals surface area contributed by atoms with E-state index in [-0.39, 0.29) is 11.2 Å². The number of aromatic nitrogens is 4. The predicted molar refractivity (Wildman–Crippen MR) is 151 cm³/mol. The standard InChI is InChI=1S/C28H36F3N5O2.C2H6/c1-3-8-19(9-4-2)17-32-24-23-22(12-15-27(18-37-23)13-5-6-14-27)26-34-33-25(36(26)35-24)20-10-7-11-21(16-20)38-28(29,30)31;1-2/h7,10-11,16,19H,3-6,8-9,12-15,17-18H2,1-2H3,(H,32,35);1-2H3. The van der Waals surface area contributed by atoms with Crippen LogP contribution in [0.15, 0.2) is 24.3 Å². The van der Waals surface area contributed by atoms with E-state index in [2.05, 4.69) is 34.1 Å². The first-order chi connectivity index (χ1) is 19.3. The number of anilines is 1. The van der Waals surface area contributed by atoms with Crippen molar-refractivity contribution in [3.05, 3.63) is 29.8 Å². The van der Waals surface area contributed by atoms with Crippen LogP contribution in [0.4, 0.5) is 19.0 Å². The maximum Gasteiger partial charge on any atom is 0.573 e. The number of halogens is 3. The summed E-state index contributed by atoms with van der Waals surface area (Å²) in [5.41, 5.74) is 2.15. The summed E-state index contributed by atoms with van der Waals surface area (Å²) in [7, 11) is 0. The predicted octanol–water partition coefficient (Wildman–Crippen LogP) is 8.23. The average molecular weight is 562 g/mol. The van der Waals surface area contributed by atoms with E-state index in [1.54, 1.807) is 10.6 Å². The summed E-state index contributed by atoms with van der Waals surface area (Å²) < 4.78 is 50.8. The first-order valence-electron chi connectivity index (χ1n) is 14.8. The van der Waals surface area contributed by atoms with Crippen LogP contribution in [0, 0.1) is 11.3 Å². The molecule has 1 fully saturated rings. The number of nitrogens with one attached hydrogen (secondary N) is 1. The molecule has 7 nitrogen and oxygen atoms in total. The van der Waals surface area contributed by atoms with E-state index in [0.29, 0.717) is 35.4 Å². The lowest BCUT2D eigenvalue weighted by atomic mass is 9.82. The second-order valence-corrected chi connectivity index (χ2v) is 10.8. The zero-order valence-corrected chi connectivity index (χ0v) is 24.1. The molecule has 0 bridgehead atoms. The van der Waals surface area contributed by atoms with Crippen molar-refractivity contribution in [2.75, 3.05) is 18.5 Å². The molecule has 0 atom stereocenters. The van der Waals surface area contributed by atoms with Crippen LogP contribution in [0.1, 0.15) is 91.0 Å². The fourth-order valence-corrected chi connectivity index (χ4v) is 6.07. The van der Waals surface area contributed by atoms with E-state index in [0.717, 1.165) is 69.2 Å². The molecule has 1 saturated carbocycles. The van der Waals surface area contributed by atoms with Gasteiger partial charge in [-0.05, 0) is 56.6 Å². The van der Waals surface area contributed by atoms with E-state index in [4.69, 9.17) is 9.84 Å². The number of nitrogens with zero attached hydrogens (tertiary/aromatic N) is 4. The number of hydrogen-bond acceptors (Lipinski definition) is 6. The molecule has 220 valence electrons. The Kier molecular flexibility index (Phi) is 9.79. The van der Waals surface area contributed by atoms with Crippen molar-refractivity contribution in [1.82, 2.24) is 19.8 Å². The molecule has 0 amide bonds. The van der Waals surface area contributed by atoms with Crippen LogP contribution >= 0.6 is 0 Å². The van der Waals surface area contributed by atoms with Crippen LogP contribution in [0.25, 0.3) is 17.0 Å². The summed E-state index contributed by atoms with van der Waals surface area (Å²) in [6, 6.07) is 5.77. The largest absolute Gasteiger partial charge is 0.573 e. The highest BCUT2D eigenvalue weighted by molar-refractivity contribution is 5.68. The molecule has 0 unspecified atom stereocenters. The topological polar surface area (TPSA) is 73.6 Å². The van der Waals surface area contributed by atoms with Crippen LogP contribution in [0.2, 0.25) is 0 Å². The molecule has 2 aromatic heterocycles. The first-order valence-corrected chi connectivity index (χ1v) is 14.8. The molecular formula is C30H42F3N5O2. The zero-order valence-electron chi connectivity index (χ0n) is 24.1. The SMILES string of the molecule is CC.CCCC(CCC)CNc1nn2c(-c3cccc(OC(F)(F)F)c3)nnc2c2c1OCC1(CCCC1)CC2. The van der Waals surface area contributed by atoms with Gasteiger partial charge in [0.15, 0.2) is 23.0 Å². The fourth-order valence-electron chi connectivity index (χ4n) is 6.07. The van der Waals surface area contributed by atoms with Crippen LogP contribution in [0.3, 0.4) is 0 Å². The van der Waals surface area contributed by atoms with Crippen LogP contribution < -0.4 is 14.8 Å². The number of rotatable bonds is 9. The lowest BCUT2D eigenvalue weighted by Crippen LogP contribution is -2.24. The molecule has 5 rings (SSSR count). The van der Waals surface area contributed by atoms with E-state index in [1.165, 1.54) is 31.0 Å². The first kappa shape index (κ1) is 29.9. The molecule has 0 radical (unpaired) electrons. The highest BCUT2D eigenvalue weighted by atomic mass is 19.4. The van der Waals surface area contributed by atoms with Gasteiger partial charge < -0.3 is 14.8 Å². The molecule has 1 aliphatic heterocycles. The van der Waals surface area contributed by atoms with E-state index in [1.807, 2.05) is 13.8 Å². The number of aryl methyl sites for hydroxylation is 1. The van der Waals surface area contributed by atoms with Gasteiger partial charge in [0.25, 0.3) is 0 Å². The Hall–Kier alpha value is -3.04. The van der Waals surface area contributed by atoms with Crippen molar-refractivity contribution in [3.63, 3.8) is 0 Å². The van der Waals surface area contributed by atoms with E-state index in [9.17, 15) is 13.2 Å². The van der Waals surface area contributed by atoms with Crippen LogP contribution in [-0.4, -0.2) is 39.3 Å². The van der Waals surface area contributed by atoms with Crippen molar-refractivity contribution in [3.8, 4) is 22.9 Å². The quantitative estimate of drug-likeness (QED) is 0.284. The molecule has 3 aromatic rings. The van der Waals surface area contributed by atoms with E-state index >= 15 is 0 Å². The second-order valence-electron chi connectivity index (χ2n) is 10.8. The van der Waals surface area contributed by atoms with Gasteiger partial charge in [-0.3, -0.25) is 0 Å². The Balaban J connectivity index is 0.00000181.